The minimum absolute atomic E-state index is 0.0543. The third kappa shape index (κ3) is 2.01. The van der Waals surface area contributed by atoms with Crippen LogP contribution in [0.4, 0.5) is 5.69 Å². The SMILES string of the molecule is O=C(Nc1ccc(Br)c(Cl)c1)[C@@H]1[C@@H]2C[C@@H]3[C@@H]1C(=O)O[C@H]3C2. The van der Waals surface area contributed by atoms with Gasteiger partial charge in [-0.15, -0.1) is 0 Å². The molecule has 1 N–H and O–H groups in total. The van der Waals surface area contributed by atoms with Crippen LogP contribution in [-0.2, 0) is 14.3 Å². The van der Waals surface area contributed by atoms with Crippen molar-refractivity contribution in [2.45, 2.75) is 18.9 Å². The van der Waals surface area contributed by atoms with Crippen molar-refractivity contribution < 1.29 is 14.3 Å². The zero-order valence-electron chi connectivity index (χ0n) is 11.0. The van der Waals surface area contributed by atoms with Gasteiger partial charge in [0.05, 0.1) is 16.9 Å². The second-order valence-corrected chi connectivity index (χ2v) is 7.30. The highest BCUT2D eigenvalue weighted by Gasteiger charge is 2.63. The van der Waals surface area contributed by atoms with E-state index in [9.17, 15) is 9.59 Å². The molecule has 110 valence electrons. The van der Waals surface area contributed by atoms with Crippen LogP contribution in [0.5, 0.6) is 0 Å². The molecule has 1 heterocycles. The van der Waals surface area contributed by atoms with Crippen LogP contribution in [0.25, 0.3) is 0 Å². The molecule has 1 saturated heterocycles. The van der Waals surface area contributed by atoms with Crippen molar-refractivity contribution in [2.75, 3.05) is 5.32 Å². The monoisotopic (exact) mass is 369 g/mol. The molecule has 2 aliphatic carbocycles. The molecule has 1 aromatic rings. The standard InChI is InChI=1S/C15H13BrClNO3/c16-9-2-1-7(5-10(9)17)18-14(19)12-6-3-8-11(4-6)21-15(20)13(8)12/h1-2,5-6,8,11-13H,3-4H2,(H,18,19)/t6-,8+,11+,12-,13+/m1/s1. The lowest BCUT2D eigenvalue weighted by molar-refractivity contribution is -0.145. The first-order chi connectivity index (χ1) is 10.0. The number of amides is 1. The average Bonchev–Trinajstić information content (AvgIpc) is 3.04. The number of benzene rings is 1. The maximum absolute atomic E-state index is 12.6. The van der Waals surface area contributed by atoms with E-state index in [1.807, 2.05) is 0 Å². The molecule has 0 aromatic heterocycles. The second kappa shape index (κ2) is 4.71. The van der Waals surface area contributed by atoms with Crippen molar-refractivity contribution in [1.82, 2.24) is 0 Å². The number of ether oxygens (including phenoxy) is 1. The fraction of sp³-hybridized carbons (Fsp3) is 0.467. The van der Waals surface area contributed by atoms with Crippen molar-refractivity contribution >= 4 is 45.1 Å². The fourth-order valence-electron chi connectivity index (χ4n) is 4.16. The average molecular weight is 371 g/mol. The lowest BCUT2D eigenvalue weighted by atomic mass is 9.79. The quantitative estimate of drug-likeness (QED) is 0.813. The van der Waals surface area contributed by atoms with Crippen molar-refractivity contribution in [2.24, 2.45) is 23.7 Å². The van der Waals surface area contributed by atoms with Crippen LogP contribution in [0, 0.1) is 23.7 Å². The first kappa shape index (κ1) is 13.6. The molecule has 21 heavy (non-hydrogen) atoms. The van der Waals surface area contributed by atoms with Crippen LogP contribution in [0.1, 0.15) is 12.8 Å². The fourth-order valence-corrected chi connectivity index (χ4v) is 4.59. The van der Waals surface area contributed by atoms with Gasteiger partial charge in [0.25, 0.3) is 0 Å². The molecule has 5 atom stereocenters. The van der Waals surface area contributed by atoms with E-state index < -0.39 is 0 Å². The van der Waals surface area contributed by atoms with Crippen LogP contribution in [-0.4, -0.2) is 18.0 Å². The van der Waals surface area contributed by atoms with Crippen molar-refractivity contribution in [3.63, 3.8) is 0 Å². The maximum atomic E-state index is 12.6. The normalized spacial score (nSPS) is 35.9. The Hall–Kier alpha value is -1.07. The largest absolute Gasteiger partial charge is 0.462 e. The number of halogens is 2. The zero-order valence-corrected chi connectivity index (χ0v) is 13.4. The summed E-state index contributed by atoms with van der Waals surface area (Å²) in [5.41, 5.74) is 0.652. The first-order valence-electron chi connectivity index (χ1n) is 7.01. The van der Waals surface area contributed by atoms with Gasteiger partial charge < -0.3 is 10.1 Å². The Labute approximate surface area is 135 Å². The van der Waals surface area contributed by atoms with Crippen LogP contribution >= 0.6 is 27.5 Å². The Balaban J connectivity index is 1.55. The summed E-state index contributed by atoms with van der Waals surface area (Å²) in [5, 5.41) is 3.43. The summed E-state index contributed by atoms with van der Waals surface area (Å²) in [6.45, 7) is 0. The summed E-state index contributed by atoms with van der Waals surface area (Å²) in [4.78, 5) is 24.5. The van der Waals surface area contributed by atoms with Gasteiger partial charge in [-0.3, -0.25) is 9.59 Å². The molecule has 1 aromatic carbocycles. The molecule has 3 aliphatic rings. The number of hydrogen-bond acceptors (Lipinski definition) is 3. The number of hydrogen-bond donors (Lipinski definition) is 1. The number of esters is 1. The number of anilines is 1. The number of rotatable bonds is 2. The van der Waals surface area contributed by atoms with Crippen molar-refractivity contribution in [1.29, 1.82) is 0 Å². The summed E-state index contributed by atoms with van der Waals surface area (Å²) in [6, 6.07) is 5.28. The first-order valence-corrected chi connectivity index (χ1v) is 8.18. The molecule has 6 heteroatoms. The smallest absolute Gasteiger partial charge is 0.310 e. The molecule has 1 amide bonds. The summed E-state index contributed by atoms with van der Waals surface area (Å²) < 4.78 is 6.14. The molecule has 0 unspecified atom stereocenters. The van der Waals surface area contributed by atoms with Gasteiger partial charge in [0.15, 0.2) is 0 Å². The van der Waals surface area contributed by atoms with E-state index in [2.05, 4.69) is 21.2 Å². The number of fused-ring (bicyclic) bond motifs is 1. The van der Waals surface area contributed by atoms with E-state index in [0.717, 1.165) is 17.3 Å². The van der Waals surface area contributed by atoms with Crippen molar-refractivity contribution in [3.05, 3.63) is 27.7 Å². The van der Waals surface area contributed by atoms with Gasteiger partial charge in [0.2, 0.25) is 5.91 Å². The molecule has 4 nitrogen and oxygen atoms in total. The molecular formula is C15H13BrClNO3. The molecule has 1 aliphatic heterocycles. The summed E-state index contributed by atoms with van der Waals surface area (Å²) >= 11 is 9.35. The highest BCUT2D eigenvalue weighted by atomic mass is 79.9. The van der Waals surface area contributed by atoms with E-state index in [4.69, 9.17) is 16.3 Å². The van der Waals surface area contributed by atoms with Crippen molar-refractivity contribution in [3.8, 4) is 0 Å². The third-order valence-corrected chi connectivity index (χ3v) is 6.21. The molecular weight excluding hydrogens is 358 g/mol. The van der Waals surface area contributed by atoms with Gasteiger partial charge in [0.1, 0.15) is 6.10 Å². The van der Waals surface area contributed by atoms with Gasteiger partial charge >= 0.3 is 5.97 Å². The van der Waals surface area contributed by atoms with Crippen LogP contribution in [0.15, 0.2) is 22.7 Å². The number of carbonyl (C=O) groups is 2. The van der Waals surface area contributed by atoms with E-state index in [1.165, 1.54) is 0 Å². The maximum Gasteiger partial charge on any atom is 0.310 e. The minimum Gasteiger partial charge on any atom is -0.462 e. The van der Waals surface area contributed by atoms with Crippen LogP contribution in [0.3, 0.4) is 0 Å². The summed E-state index contributed by atoms with van der Waals surface area (Å²) in [5.74, 6) is -0.292. The number of carbonyl (C=O) groups excluding carboxylic acids is 2. The topological polar surface area (TPSA) is 55.4 Å². The molecule has 2 saturated carbocycles. The van der Waals surface area contributed by atoms with Gasteiger partial charge in [-0.2, -0.15) is 0 Å². The number of nitrogens with one attached hydrogen (secondary N) is 1. The molecule has 2 bridgehead atoms. The lowest BCUT2D eigenvalue weighted by Crippen LogP contribution is -2.35. The predicted octanol–water partition coefficient (Wildman–Crippen LogP) is 3.24. The van der Waals surface area contributed by atoms with Gasteiger partial charge in [0, 0.05) is 16.1 Å². The van der Waals surface area contributed by atoms with Crippen LogP contribution in [0.2, 0.25) is 5.02 Å². The predicted molar refractivity (Wildman–Crippen MR) is 80.9 cm³/mol. The zero-order chi connectivity index (χ0) is 14.7. The lowest BCUT2D eigenvalue weighted by Gasteiger charge is -2.23. The molecule has 0 spiro atoms. The molecule has 4 rings (SSSR count). The Morgan fingerprint density at radius 2 is 2.19 bits per heavy atom. The van der Waals surface area contributed by atoms with E-state index in [0.29, 0.717) is 10.7 Å². The highest BCUT2D eigenvalue weighted by Crippen LogP contribution is 2.57. The Morgan fingerprint density at radius 1 is 1.38 bits per heavy atom. The second-order valence-electron chi connectivity index (χ2n) is 6.04. The Morgan fingerprint density at radius 3 is 2.95 bits per heavy atom. The van der Waals surface area contributed by atoms with Crippen LogP contribution < -0.4 is 5.32 Å². The minimum atomic E-state index is -0.260. The van der Waals surface area contributed by atoms with Gasteiger partial charge in [-0.1, -0.05) is 11.6 Å². The highest BCUT2D eigenvalue weighted by molar-refractivity contribution is 9.10. The van der Waals surface area contributed by atoms with Gasteiger partial charge in [-0.05, 0) is 52.9 Å². The molecule has 3 fully saturated rings. The summed E-state index contributed by atoms with van der Waals surface area (Å²) in [6.07, 6.45) is 1.81. The third-order valence-electron chi connectivity index (χ3n) is 4.97. The van der Waals surface area contributed by atoms with E-state index >= 15 is 0 Å². The van der Waals surface area contributed by atoms with E-state index in [1.54, 1.807) is 18.2 Å². The Bertz CT molecular complexity index is 648. The van der Waals surface area contributed by atoms with Gasteiger partial charge in [-0.25, -0.2) is 0 Å². The van der Waals surface area contributed by atoms with E-state index in [-0.39, 0.29) is 41.7 Å². The summed E-state index contributed by atoms with van der Waals surface area (Å²) in [7, 11) is 0. The molecule has 0 radical (unpaired) electrons. The Kier molecular flexibility index (Phi) is 3.05.